The number of ether oxygens (including phenoxy) is 1. The predicted octanol–water partition coefficient (Wildman–Crippen LogP) is 4.58. The first kappa shape index (κ1) is 26.2. The summed E-state index contributed by atoms with van der Waals surface area (Å²) in [6.45, 7) is 9.91. The van der Waals surface area contributed by atoms with Crippen molar-refractivity contribution in [1.82, 2.24) is 19.5 Å². The third-order valence-electron chi connectivity index (χ3n) is 7.64. The summed E-state index contributed by atoms with van der Waals surface area (Å²) in [5.41, 5.74) is 0.133. The zero-order chi connectivity index (χ0) is 27.1. The smallest absolute Gasteiger partial charge is 0.268 e. The fraction of sp³-hybridized carbons (Fsp3) is 0.464. The normalized spacial score (nSPS) is 20.1. The zero-order valence-electron chi connectivity index (χ0n) is 22.3. The highest BCUT2D eigenvalue weighted by atomic mass is 32.2. The molecule has 2 aliphatic rings. The summed E-state index contributed by atoms with van der Waals surface area (Å²) in [6.07, 6.45) is 6.25. The highest BCUT2D eigenvalue weighted by molar-refractivity contribution is 7.90. The van der Waals surface area contributed by atoms with E-state index in [2.05, 4.69) is 42.4 Å². The van der Waals surface area contributed by atoms with E-state index in [1.165, 1.54) is 18.6 Å². The van der Waals surface area contributed by atoms with E-state index in [1.807, 2.05) is 0 Å². The van der Waals surface area contributed by atoms with E-state index < -0.39 is 15.9 Å². The molecule has 10 heteroatoms. The van der Waals surface area contributed by atoms with Crippen LogP contribution in [0, 0.1) is 11.3 Å². The van der Waals surface area contributed by atoms with Gasteiger partial charge in [0.05, 0.1) is 17.1 Å². The summed E-state index contributed by atoms with van der Waals surface area (Å²) in [6, 6.07) is 12.9. The molecule has 0 radical (unpaired) electrons. The number of amides is 1. The van der Waals surface area contributed by atoms with Gasteiger partial charge in [0.2, 0.25) is 5.88 Å². The van der Waals surface area contributed by atoms with Crippen molar-refractivity contribution in [2.45, 2.75) is 63.8 Å². The van der Waals surface area contributed by atoms with Crippen LogP contribution in [-0.4, -0.2) is 47.8 Å². The van der Waals surface area contributed by atoms with Crippen LogP contribution in [0.3, 0.4) is 0 Å². The molecule has 2 aromatic heterocycles. The number of nitrogens with zero attached hydrogens (tertiary/aromatic N) is 4. The lowest BCUT2D eigenvalue weighted by Gasteiger charge is -2.37. The number of hydrogen-bond donors (Lipinski definition) is 1. The Balaban J connectivity index is 1.46. The molecule has 202 valence electrons. The van der Waals surface area contributed by atoms with Crippen molar-refractivity contribution in [2.24, 2.45) is 11.3 Å². The largest absolute Gasteiger partial charge is 0.476 e. The van der Waals surface area contributed by atoms with Gasteiger partial charge in [-0.25, -0.2) is 22.8 Å². The van der Waals surface area contributed by atoms with Crippen molar-refractivity contribution < 1.29 is 17.9 Å². The van der Waals surface area contributed by atoms with E-state index in [9.17, 15) is 13.2 Å². The Kier molecular flexibility index (Phi) is 6.71. The molecule has 1 aliphatic heterocycles. The molecule has 1 atom stereocenters. The van der Waals surface area contributed by atoms with Crippen LogP contribution < -0.4 is 14.4 Å². The van der Waals surface area contributed by atoms with Gasteiger partial charge in [-0.05, 0) is 63.3 Å². The Labute approximate surface area is 224 Å². The predicted molar refractivity (Wildman–Crippen MR) is 145 cm³/mol. The molecular weight excluding hydrogens is 502 g/mol. The SMILES string of the molecule is C[C@@H]1CN(c2nc(-n3ccc(OCC4(C)CCC4)n3)ccc2C(=O)NS(=O)(=O)c2ccccc2)C(C)(C)C1. The molecule has 1 saturated heterocycles. The number of pyridine rings is 1. The van der Waals surface area contributed by atoms with Crippen molar-refractivity contribution in [3.8, 4) is 11.7 Å². The first-order valence-corrected chi connectivity index (χ1v) is 14.5. The average Bonchev–Trinajstić information content (AvgIpc) is 3.44. The third kappa shape index (κ3) is 5.27. The zero-order valence-corrected chi connectivity index (χ0v) is 23.2. The molecule has 1 amide bonds. The molecule has 0 spiro atoms. The summed E-state index contributed by atoms with van der Waals surface area (Å²) >= 11 is 0. The lowest BCUT2D eigenvalue weighted by atomic mass is 9.71. The first-order valence-electron chi connectivity index (χ1n) is 13.1. The summed E-state index contributed by atoms with van der Waals surface area (Å²) in [5, 5.41) is 4.55. The molecule has 3 heterocycles. The molecule has 1 saturated carbocycles. The van der Waals surface area contributed by atoms with Crippen molar-refractivity contribution in [3.05, 3.63) is 60.3 Å². The number of carbonyl (C=O) groups excluding carboxylic acids is 1. The van der Waals surface area contributed by atoms with Gasteiger partial charge in [0.15, 0.2) is 5.82 Å². The number of aromatic nitrogens is 3. The number of benzene rings is 1. The molecule has 0 unspecified atom stereocenters. The third-order valence-corrected chi connectivity index (χ3v) is 8.99. The number of sulfonamides is 1. The van der Waals surface area contributed by atoms with Gasteiger partial charge in [-0.3, -0.25) is 4.79 Å². The van der Waals surface area contributed by atoms with E-state index in [4.69, 9.17) is 9.72 Å². The standard InChI is InChI=1S/C28H35N5O4S/c1-20-17-27(2,3)32(18-20)25-22(26(34)31-38(35,36)21-9-6-5-7-10-21)11-12-23(29-25)33-16-13-24(30-33)37-19-28(4)14-8-15-28/h5-7,9-13,16,20H,8,14-15,17-19H2,1-4H3,(H,31,34)/t20-/m0/s1. The highest BCUT2D eigenvalue weighted by Gasteiger charge is 2.39. The maximum Gasteiger partial charge on any atom is 0.268 e. The summed E-state index contributed by atoms with van der Waals surface area (Å²) in [7, 11) is -4.04. The second-order valence-electron chi connectivity index (χ2n) is 11.6. The van der Waals surface area contributed by atoms with Crippen LogP contribution in [0.1, 0.15) is 63.7 Å². The van der Waals surface area contributed by atoms with Crippen LogP contribution in [0.5, 0.6) is 5.88 Å². The molecule has 38 heavy (non-hydrogen) atoms. The first-order chi connectivity index (χ1) is 18.0. The second-order valence-corrected chi connectivity index (χ2v) is 13.3. The molecule has 9 nitrogen and oxygen atoms in total. The van der Waals surface area contributed by atoms with E-state index in [0.717, 1.165) is 19.3 Å². The number of nitrogens with one attached hydrogen (secondary N) is 1. The molecule has 1 aromatic carbocycles. The fourth-order valence-electron chi connectivity index (χ4n) is 5.43. The Morgan fingerprint density at radius 1 is 1.11 bits per heavy atom. The van der Waals surface area contributed by atoms with E-state index in [0.29, 0.717) is 36.6 Å². The fourth-order valence-corrected chi connectivity index (χ4v) is 6.42. The van der Waals surface area contributed by atoms with Crippen LogP contribution in [0.2, 0.25) is 0 Å². The quantitative estimate of drug-likeness (QED) is 0.448. The maximum absolute atomic E-state index is 13.4. The second kappa shape index (κ2) is 9.72. The Hall–Kier alpha value is -3.40. The number of anilines is 1. The van der Waals surface area contributed by atoms with Gasteiger partial charge in [-0.1, -0.05) is 38.5 Å². The van der Waals surface area contributed by atoms with Gasteiger partial charge >= 0.3 is 0 Å². The molecule has 3 aromatic rings. The molecule has 5 rings (SSSR count). The number of hydrogen-bond acceptors (Lipinski definition) is 7. The van der Waals surface area contributed by atoms with Crippen LogP contribution in [-0.2, 0) is 10.0 Å². The lowest BCUT2D eigenvalue weighted by molar-refractivity contribution is 0.0747. The van der Waals surface area contributed by atoms with Gasteiger partial charge in [0.1, 0.15) is 5.82 Å². The van der Waals surface area contributed by atoms with Crippen molar-refractivity contribution >= 4 is 21.7 Å². The van der Waals surface area contributed by atoms with Gasteiger partial charge in [0.25, 0.3) is 15.9 Å². The highest BCUT2D eigenvalue weighted by Crippen LogP contribution is 2.40. The Morgan fingerprint density at radius 3 is 2.47 bits per heavy atom. The number of carbonyl (C=O) groups is 1. The monoisotopic (exact) mass is 537 g/mol. The topological polar surface area (TPSA) is 106 Å². The lowest BCUT2D eigenvalue weighted by Crippen LogP contribution is -2.41. The van der Waals surface area contributed by atoms with Gasteiger partial charge in [-0.15, -0.1) is 5.10 Å². The van der Waals surface area contributed by atoms with Crippen molar-refractivity contribution in [1.29, 1.82) is 0 Å². The Morgan fingerprint density at radius 2 is 1.84 bits per heavy atom. The minimum absolute atomic E-state index is 0.0226. The van der Waals surface area contributed by atoms with Crippen molar-refractivity contribution in [3.63, 3.8) is 0 Å². The number of rotatable bonds is 8. The molecule has 0 bridgehead atoms. The van der Waals surface area contributed by atoms with E-state index >= 15 is 0 Å². The van der Waals surface area contributed by atoms with Gasteiger partial charge < -0.3 is 9.64 Å². The minimum atomic E-state index is -4.04. The minimum Gasteiger partial charge on any atom is -0.476 e. The molecular formula is C28H35N5O4S. The Bertz CT molecular complexity index is 1430. The maximum atomic E-state index is 13.4. The summed E-state index contributed by atoms with van der Waals surface area (Å²) in [4.78, 5) is 20.3. The molecule has 2 fully saturated rings. The van der Waals surface area contributed by atoms with Gasteiger partial charge in [0, 0.05) is 29.8 Å². The van der Waals surface area contributed by atoms with E-state index in [-0.39, 0.29) is 21.4 Å². The average molecular weight is 538 g/mol. The van der Waals surface area contributed by atoms with E-state index in [1.54, 1.807) is 47.3 Å². The van der Waals surface area contributed by atoms with Gasteiger partial charge in [-0.2, -0.15) is 0 Å². The van der Waals surface area contributed by atoms with Crippen LogP contribution in [0.15, 0.2) is 59.6 Å². The van der Waals surface area contributed by atoms with Crippen LogP contribution >= 0.6 is 0 Å². The molecule has 1 aliphatic carbocycles. The summed E-state index contributed by atoms with van der Waals surface area (Å²) in [5.74, 6) is 1.13. The summed E-state index contributed by atoms with van der Waals surface area (Å²) < 4.78 is 35.6. The molecule has 1 N–H and O–H groups in total. The van der Waals surface area contributed by atoms with Crippen LogP contribution in [0.25, 0.3) is 5.82 Å². The van der Waals surface area contributed by atoms with Crippen molar-refractivity contribution in [2.75, 3.05) is 18.1 Å². The van der Waals surface area contributed by atoms with Crippen LogP contribution in [0.4, 0.5) is 5.82 Å².